The lowest BCUT2D eigenvalue weighted by Gasteiger charge is -2.44. The maximum Gasteiger partial charge on any atom is 0.337 e. The van der Waals surface area contributed by atoms with Gasteiger partial charge in [0.25, 0.3) is 5.91 Å². The summed E-state index contributed by atoms with van der Waals surface area (Å²) in [6, 6.07) is 21.8. The molecule has 1 aliphatic heterocycles. The summed E-state index contributed by atoms with van der Waals surface area (Å²) in [6.45, 7) is 4.11. The number of rotatable bonds is 5. The average Bonchev–Trinajstić information content (AvgIpc) is 2.83. The molecule has 0 saturated heterocycles. The second-order valence-electron chi connectivity index (χ2n) is 8.40. The molecular formula is C27H26N2O4. The van der Waals surface area contributed by atoms with Gasteiger partial charge in [-0.05, 0) is 54.8 Å². The molecule has 1 heterocycles. The van der Waals surface area contributed by atoms with Gasteiger partial charge in [-0.2, -0.15) is 0 Å². The summed E-state index contributed by atoms with van der Waals surface area (Å²) >= 11 is 0. The van der Waals surface area contributed by atoms with Crippen LogP contribution in [0.5, 0.6) is 0 Å². The Hall–Kier alpha value is -3.93. The molecule has 1 aliphatic rings. The fraction of sp³-hybridized carbons (Fsp3) is 0.222. The van der Waals surface area contributed by atoms with Crippen LogP contribution in [-0.4, -0.2) is 30.4 Å². The van der Waals surface area contributed by atoms with E-state index in [1.807, 2.05) is 43.3 Å². The molecule has 1 N–H and O–H groups in total. The van der Waals surface area contributed by atoms with E-state index in [1.165, 1.54) is 12.0 Å². The monoisotopic (exact) mass is 442 g/mol. The maximum atomic E-state index is 13.6. The summed E-state index contributed by atoms with van der Waals surface area (Å²) < 4.78 is 4.84. The van der Waals surface area contributed by atoms with Crippen LogP contribution in [0.4, 0.5) is 5.69 Å². The van der Waals surface area contributed by atoms with Crippen molar-refractivity contribution < 1.29 is 19.1 Å². The van der Waals surface area contributed by atoms with Gasteiger partial charge < -0.3 is 10.1 Å². The van der Waals surface area contributed by atoms with E-state index in [2.05, 4.69) is 5.32 Å². The molecule has 0 aromatic heterocycles. The van der Waals surface area contributed by atoms with E-state index >= 15 is 0 Å². The van der Waals surface area contributed by atoms with Gasteiger partial charge in [0.05, 0.1) is 12.7 Å². The highest BCUT2D eigenvalue weighted by atomic mass is 16.5. The van der Waals surface area contributed by atoms with Crippen LogP contribution in [0, 0.1) is 6.92 Å². The normalized spacial score (nSPS) is 17.3. The van der Waals surface area contributed by atoms with E-state index in [4.69, 9.17) is 4.74 Å². The van der Waals surface area contributed by atoms with Crippen molar-refractivity contribution >= 4 is 23.5 Å². The summed E-state index contributed by atoms with van der Waals surface area (Å²) in [5.74, 6) is -1.06. The summed E-state index contributed by atoms with van der Waals surface area (Å²) in [6.07, 6.45) is 0.344. The van der Waals surface area contributed by atoms with Crippen molar-refractivity contribution in [1.82, 2.24) is 5.32 Å². The summed E-state index contributed by atoms with van der Waals surface area (Å²) in [5.41, 5.74) is 3.03. The largest absolute Gasteiger partial charge is 0.465 e. The highest BCUT2D eigenvalue weighted by molar-refractivity contribution is 6.14. The Kier molecular flexibility index (Phi) is 6.01. The molecular weight excluding hydrogens is 416 g/mol. The molecule has 168 valence electrons. The molecule has 2 amide bonds. The van der Waals surface area contributed by atoms with Crippen LogP contribution in [-0.2, 0) is 22.5 Å². The zero-order chi connectivity index (χ0) is 23.6. The van der Waals surface area contributed by atoms with E-state index in [0.717, 1.165) is 16.7 Å². The molecule has 3 aromatic carbocycles. The standard InChI is InChI=1S/C27H26N2O4/c1-18-9-4-5-11-21(18)17-28-26(32)27(2)16-20-10-6-7-14-23(20)24(30)29(27)22-13-8-12-19(15-22)25(31)33-3/h4-15H,16-17H2,1-3H3,(H,28,32). The molecule has 6 heteroatoms. The van der Waals surface area contributed by atoms with E-state index in [-0.39, 0.29) is 11.8 Å². The number of esters is 1. The molecule has 0 spiro atoms. The van der Waals surface area contributed by atoms with Crippen LogP contribution < -0.4 is 10.2 Å². The second-order valence-corrected chi connectivity index (χ2v) is 8.40. The zero-order valence-electron chi connectivity index (χ0n) is 18.9. The molecule has 0 radical (unpaired) electrons. The number of aryl methyl sites for hydroxylation is 1. The third kappa shape index (κ3) is 4.12. The zero-order valence-corrected chi connectivity index (χ0v) is 18.9. The molecule has 0 fully saturated rings. The first-order valence-corrected chi connectivity index (χ1v) is 10.8. The topological polar surface area (TPSA) is 75.7 Å². The van der Waals surface area contributed by atoms with Gasteiger partial charge in [-0.1, -0.05) is 48.5 Å². The van der Waals surface area contributed by atoms with E-state index < -0.39 is 11.5 Å². The fourth-order valence-corrected chi connectivity index (χ4v) is 4.33. The highest BCUT2D eigenvalue weighted by Crippen LogP contribution is 2.36. The Morgan fingerprint density at radius 1 is 1.03 bits per heavy atom. The van der Waals surface area contributed by atoms with Crippen LogP contribution in [0.1, 0.15) is 44.3 Å². The predicted octanol–water partition coefficient (Wildman–Crippen LogP) is 4.06. The Bertz CT molecular complexity index is 1240. The Morgan fingerprint density at radius 2 is 1.76 bits per heavy atom. The number of nitrogens with zero attached hydrogens (tertiary/aromatic N) is 1. The number of carbonyl (C=O) groups is 3. The number of carbonyl (C=O) groups excluding carboxylic acids is 3. The molecule has 4 rings (SSSR count). The van der Waals surface area contributed by atoms with Gasteiger partial charge in [0, 0.05) is 24.2 Å². The molecule has 33 heavy (non-hydrogen) atoms. The number of anilines is 1. The minimum atomic E-state index is -1.19. The summed E-state index contributed by atoms with van der Waals surface area (Å²) in [5, 5.41) is 3.03. The second kappa shape index (κ2) is 8.90. The van der Waals surface area contributed by atoms with E-state index in [9.17, 15) is 14.4 Å². The van der Waals surface area contributed by atoms with Gasteiger partial charge in [-0.3, -0.25) is 14.5 Å². The Morgan fingerprint density at radius 3 is 2.52 bits per heavy atom. The third-order valence-corrected chi connectivity index (χ3v) is 6.19. The Balaban J connectivity index is 1.75. The Labute approximate surface area is 193 Å². The van der Waals surface area contributed by atoms with Crippen molar-refractivity contribution in [2.24, 2.45) is 0 Å². The number of benzene rings is 3. The quantitative estimate of drug-likeness (QED) is 0.605. The third-order valence-electron chi connectivity index (χ3n) is 6.19. The van der Waals surface area contributed by atoms with Crippen LogP contribution in [0.25, 0.3) is 0 Å². The summed E-state index contributed by atoms with van der Waals surface area (Å²) in [4.78, 5) is 40.9. The van der Waals surface area contributed by atoms with E-state index in [1.54, 1.807) is 43.3 Å². The number of methoxy groups -OCH3 is 1. The molecule has 0 aliphatic carbocycles. The minimum Gasteiger partial charge on any atom is -0.465 e. The molecule has 0 bridgehead atoms. The highest BCUT2D eigenvalue weighted by Gasteiger charge is 2.47. The van der Waals surface area contributed by atoms with Crippen molar-refractivity contribution in [3.05, 3.63) is 101 Å². The van der Waals surface area contributed by atoms with Gasteiger partial charge in [-0.25, -0.2) is 4.79 Å². The molecule has 1 unspecified atom stereocenters. The van der Waals surface area contributed by atoms with Gasteiger partial charge in [0.2, 0.25) is 5.91 Å². The molecule has 6 nitrogen and oxygen atoms in total. The number of ether oxygens (including phenoxy) is 1. The van der Waals surface area contributed by atoms with Crippen molar-refractivity contribution in [1.29, 1.82) is 0 Å². The molecule has 0 saturated carbocycles. The number of hydrogen-bond donors (Lipinski definition) is 1. The lowest BCUT2D eigenvalue weighted by atomic mass is 9.82. The van der Waals surface area contributed by atoms with Crippen LogP contribution in [0.3, 0.4) is 0 Å². The lowest BCUT2D eigenvalue weighted by molar-refractivity contribution is -0.126. The maximum absolute atomic E-state index is 13.6. The first kappa shape index (κ1) is 22.3. The first-order valence-electron chi connectivity index (χ1n) is 10.8. The van der Waals surface area contributed by atoms with Crippen LogP contribution >= 0.6 is 0 Å². The van der Waals surface area contributed by atoms with Crippen molar-refractivity contribution in [3.8, 4) is 0 Å². The number of nitrogens with one attached hydrogen (secondary N) is 1. The van der Waals surface area contributed by atoms with Crippen LogP contribution in [0.15, 0.2) is 72.8 Å². The van der Waals surface area contributed by atoms with Crippen molar-refractivity contribution in [2.45, 2.75) is 32.4 Å². The first-order chi connectivity index (χ1) is 15.8. The van der Waals surface area contributed by atoms with Crippen molar-refractivity contribution in [3.63, 3.8) is 0 Å². The summed E-state index contributed by atoms with van der Waals surface area (Å²) in [7, 11) is 1.31. The predicted molar refractivity (Wildman–Crippen MR) is 126 cm³/mol. The smallest absolute Gasteiger partial charge is 0.337 e. The molecule has 1 atom stereocenters. The lowest BCUT2D eigenvalue weighted by Crippen LogP contribution is -2.63. The van der Waals surface area contributed by atoms with Gasteiger partial charge in [0.1, 0.15) is 5.54 Å². The van der Waals surface area contributed by atoms with Gasteiger partial charge in [0.15, 0.2) is 0 Å². The average molecular weight is 443 g/mol. The van der Waals surface area contributed by atoms with Gasteiger partial charge >= 0.3 is 5.97 Å². The van der Waals surface area contributed by atoms with Gasteiger partial charge in [-0.15, -0.1) is 0 Å². The molecule has 3 aromatic rings. The minimum absolute atomic E-state index is 0.267. The number of amides is 2. The van der Waals surface area contributed by atoms with Crippen molar-refractivity contribution in [2.75, 3.05) is 12.0 Å². The van der Waals surface area contributed by atoms with Crippen LogP contribution in [0.2, 0.25) is 0 Å². The SMILES string of the molecule is COC(=O)c1cccc(N2C(=O)c3ccccc3CC2(C)C(=O)NCc2ccccc2C)c1. The number of fused-ring (bicyclic) bond motifs is 1. The van der Waals surface area contributed by atoms with E-state index in [0.29, 0.717) is 29.8 Å². The number of hydrogen-bond acceptors (Lipinski definition) is 4. The fourth-order valence-electron chi connectivity index (χ4n) is 4.33.